The number of ether oxygens (including phenoxy) is 1. The van der Waals surface area contributed by atoms with Crippen LogP contribution in [0.1, 0.15) is 31.9 Å². The minimum Gasteiger partial charge on any atom is -0.463 e. The molecule has 1 aromatic rings. The van der Waals surface area contributed by atoms with Gasteiger partial charge in [-0.3, -0.25) is 4.79 Å². The van der Waals surface area contributed by atoms with Crippen LogP contribution in [0.5, 0.6) is 0 Å². The number of benzene rings is 1. The van der Waals surface area contributed by atoms with Gasteiger partial charge in [-0.05, 0) is 38.4 Å². The van der Waals surface area contributed by atoms with Gasteiger partial charge in [0.1, 0.15) is 0 Å². The van der Waals surface area contributed by atoms with Crippen LogP contribution in [0.4, 0.5) is 0 Å². The van der Waals surface area contributed by atoms with Gasteiger partial charge in [0.2, 0.25) is 0 Å². The molecule has 1 N–H and O–H groups in total. The quantitative estimate of drug-likeness (QED) is 0.856. The Kier molecular flexibility index (Phi) is 4.25. The molecule has 4 heteroatoms. The molecule has 2 rings (SSSR count). The lowest BCUT2D eigenvalue weighted by atomic mass is 9.94. The van der Waals surface area contributed by atoms with Crippen LogP contribution in [0.2, 0.25) is 5.02 Å². The number of carbonyl (C=O) groups excluding carboxylic acids is 1. The summed E-state index contributed by atoms with van der Waals surface area (Å²) in [5.74, 6) is -0.285. The molecule has 18 heavy (non-hydrogen) atoms. The molecule has 0 unspecified atom stereocenters. The van der Waals surface area contributed by atoms with Crippen molar-refractivity contribution in [2.75, 3.05) is 6.54 Å². The molecule has 1 fully saturated rings. The number of hydrogen-bond donors (Lipinski definition) is 1. The van der Waals surface area contributed by atoms with Crippen molar-refractivity contribution in [2.24, 2.45) is 5.92 Å². The summed E-state index contributed by atoms with van der Waals surface area (Å²) < 4.78 is 5.30. The summed E-state index contributed by atoms with van der Waals surface area (Å²) in [7, 11) is 0. The summed E-state index contributed by atoms with van der Waals surface area (Å²) in [5.41, 5.74) is 0.974. The average molecular weight is 268 g/mol. The minimum atomic E-state index is -0.146. The molecule has 0 spiro atoms. The molecule has 3 nitrogen and oxygen atoms in total. The van der Waals surface area contributed by atoms with Crippen LogP contribution in [-0.2, 0) is 9.53 Å². The van der Waals surface area contributed by atoms with Crippen LogP contribution in [-0.4, -0.2) is 18.6 Å². The largest absolute Gasteiger partial charge is 0.463 e. The van der Waals surface area contributed by atoms with Gasteiger partial charge in [0.15, 0.2) is 0 Å². The van der Waals surface area contributed by atoms with Gasteiger partial charge in [-0.25, -0.2) is 0 Å². The van der Waals surface area contributed by atoms with E-state index in [9.17, 15) is 4.79 Å². The van der Waals surface area contributed by atoms with Crippen molar-refractivity contribution in [2.45, 2.75) is 32.4 Å². The maximum absolute atomic E-state index is 12.0. The Bertz CT molecular complexity index is 434. The van der Waals surface area contributed by atoms with Crippen molar-refractivity contribution in [3.8, 4) is 0 Å². The predicted octanol–water partition coefficient (Wildman–Crippen LogP) is 2.94. The van der Waals surface area contributed by atoms with E-state index in [1.807, 2.05) is 38.1 Å². The molecule has 1 heterocycles. The van der Waals surface area contributed by atoms with Crippen LogP contribution >= 0.6 is 11.6 Å². The SMILES string of the molecule is CC(C)OC(=O)[C@H]1CCN[C@@H]1c1ccccc1Cl. The smallest absolute Gasteiger partial charge is 0.311 e. The van der Waals surface area contributed by atoms with Crippen molar-refractivity contribution in [1.29, 1.82) is 0 Å². The first-order valence-corrected chi connectivity index (χ1v) is 6.65. The van der Waals surface area contributed by atoms with Crippen molar-refractivity contribution in [1.82, 2.24) is 5.32 Å². The molecule has 1 saturated heterocycles. The Morgan fingerprint density at radius 2 is 2.17 bits per heavy atom. The Morgan fingerprint density at radius 3 is 2.83 bits per heavy atom. The van der Waals surface area contributed by atoms with Gasteiger partial charge in [0.25, 0.3) is 0 Å². The topological polar surface area (TPSA) is 38.3 Å². The summed E-state index contributed by atoms with van der Waals surface area (Å²) in [6.07, 6.45) is 0.714. The zero-order valence-electron chi connectivity index (χ0n) is 10.7. The highest BCUT2D eigenvalue weighted by atomic mass is 35.5. The first-order chi connectivity index (χ1) is 8.59. The van der Waals surface area contributed by atoms with Crippen molar-refractivity contribution >= 4 is 17.6 Å². The molecule has 2 atom stereocenters. The van der Waals surface area contributed by atoms with Crippen molar-refractivity contribution in [3.63, 3.8) is 0 Å². The van der Waals surface area contributed by atoms with E-state index in [-0.39, 0.29) is 24.0 Å². The summed E-state index contributed by atoms with van der Waals surface area (Å²) in [6.45, 7) is 4.54. The van der Waals surface area contributed by atoms with E-state index < -0.39 is 0 Å². The van der Waals surface area contributed by atoms with Crippen LogP contribution in [0, 0.1) is 5.92 Å². The third-order valence-electron chi connectivity index (χ3n) is 3.12. The van der Waals surface area contributed by atoms with Crippen LogP contribution in [0.25, 0.3) is 0 Å². The van der Waals surface area contributed by atoms with E-state index in [4.69, 9.17) is 16.3 Å². The van der Waals surface area contributed by atoms with E-state index in [2.05, 4.69) is 5.32 Å². The first kappa shape index (κ1) is 13.4. The number of esters is 1. The molecule has 0 aliphatic carbocycles. The van der Waals surface area contributed by atoms with Crippen LogP contribution in [0.3, 0.4) is 0 Å². The van der Waals surface area contributed by atoms with E-state index in [0.717, 1.165) is 18.5 Å². The zero-order chi connectivity index (χ0) is 13.1. The van der Waals surface area contributed by atoms with Gasteiger partial charge in [0.05, 0.1) is 12.0 Å². The maximum atomic E-state index is 12.0. The molecule has 1 aliphatic heterocycles. The molecular formula is C14H18ClNO2. The number of hydrogen-bond acceptors (Lipinski definition) is 3. The third kappa shape index (κ3) is 2.85. The standard InChI is InChI=1S/C14H18ClNO2/c1-9(2)18-14(17)11-7-8-16-13(11)10-5-3-4-6-12(10)15/h3-6,9,11,13,16H,7-8H2,1-2H3/t11-,13+/m0/s1. The lowest BCUT2D eigenvalue weighted by molar-refractivity contribution is -0.152. The van der Waals surface area contributed by atoms with E-state index in [1.54, 1.807) is 0 Å². The number of nitrogens with one attached hydrogen (secondary N) is 1. The van der Waals surface area contributed by atoms with Gasteiger partial charge in [-0.15, -0.1) is 0 Å². The van der Waals surface area contributed by atoms with Gasteiger partial charge in [-0.1, -0.05) is 29.8 Å². The number of carbonyl (C=O) groups is 1. The second kappa shape index (κ2) is 5.72. The first-order valence-electron chi connectivity index (χ1n) is 6.28. The summed E-state index contributed by atoms with van der Waals surface area (Å²) >= 11 is 6.19. The number of halogens is 1. The third-order valence-corrected chi connectivity index (χ3v) is 3.46. The Hall–Kier alpha value is -1.06. The van der Waals surface area contributed by atoms with E-state index in [0.29, 0.717) is 5.02 Å². The van der Waals surface area contributed by atoms with Gasteiger partial charge in [-0.2, -0.15) is 0 Å². The molecule has 98 valence electrons. The zero-order valence-corrected chi connectivity index (χ0v) is 11.4. The fourth-order valence-electron chi connectivity index (χ4n) is 2.33. The molecule has 0 aromatic heterocycles. The van der Waals surface area contributed by atoms with Crippen molar-refractivity contribution in [3.05, 3.63) is 34.9 Å². The molecule has 0 radical (unpaired) electrons. The normalized spacial score (nSPS) is 23.3. The minimum absolute atomic E-state index is 0.0371. The van der Waals surface area contributed by atoms with E-state index in [1.165, 1.54) is 0 Å². The molecule has 0 amide bonds. The second-order valence-corrected chi connectivity index (χ2v) is 5.24. The number of rotatable bonds is 3. The molecule has 1 aromatic carbocycles. The molecule has 0 bridgehead atoms. The molecule has 0 saturated carbocycles. The summed E-state index contributed by atoms with van der Waals surface area (Å²) in [4.78, 5) is 12.0. The molecular weight excluding hydrogens is 250 g/mol. The highest BCUT2D eigenvalue weighted by Gasteiger charge is 2.36. The van der Waals surface area contributed by atoms with E-state index >= 15 is 0 Å². The van der Waals surface area contributed by atoms with Gasteiger partial charge >= 0.3 is 5.97 Å². The fourth-order valence-corrected chi connectivity index (χ4v) is 2.58. The maximum Gasteiger partial charge on any atom is 0.311 e. The predicted molar refractivity (Wildman–Crippen MR) is 71.5 cm³/mol. The lowest BCUT2D eigenvalue weighted by Crippen LogP contribution is -2.27. The fraction of sp³-hybridized carbons (Fsp3) is 0.500. The summed E-state index contributed by atoms with van der Waals surface area (Å²) in [6, 6.07) is 7.60. The van der Waals surface area contributed by atoms with Gasteiger partial charge in [0, 0.05) is 11.1 Å². The Morgan fingerprint density at radius 1 is 1.44 bits per heavy atom. The van der Waals surface area contributed by atoms with Gasteiger partial charge < -0.3 is 10.1 Å². The lowest BCUT2D eigenvalue weighted by Gasteiger charge is -2.21. The molecule has 1 aliphatic rings. The highest BCUT2D eigenvalue weighted by molar-refractivity contribution is 6.31. The Labute approximate surface area is 112 Å². The summed E-state index contributed by atoms with van der Waals surface area (Å²) in [5, 5.41) is 4.03. The van der Waals surface area contributed by atoms with Crippen molar-refractivity contribution < 1.29 is 9.53 Å². The average Bonchev–Trinajstić information content (AvgIpc) is 2.77. The van der Waals surface area contributed by atoms with Crippen LogP contribution in [0.15, 0.2) is 24.3 Å². The monoisotopic (exact) mass is 267 g/mol. The second-order valence-electron chi connectivity index (χ2n) is 4.83. The van der Waals surface area contributed by atoms with Crippen LogP contribution < -0.4 is 5.32 Å². The Balaban J connectivity index is 2.18. The highest BCUT2D eigenvalue weighted by Crippen LogP contribution is 2.34.